The van der Waals surface area contributed by atoms with Gasteiger partial charge in [-0.25, -0.2) is 4.98 Å². The molecule has 6 nitrogen and oxygen atoms in total. The van der Waals surface area contributed by atoms with Gasteiger partial charge < -0.3 is 14.4 Å². The van der Waals surface area contributed by atoms with Crippen LogP contribution in [-0.2, 0) is 4.74 Å². The third-order valence-corrected chi connectivity index (χ3v) is 4.47. The van der Waals surface area contributed by atoms with Crippen molar-refractivity contribution in [1.29, 1.82) is 0 Å². The number of carbonyl (C=O) groups excluding carboxylic acids is 1. The number of aromatic nitrogens is 1. The number of pyridine rings is 1. The van der Waals surface area contributed by atoms with Crippen molar-refractivity contribution in [3.05, 3.63) is 54.2 Å². The minimum absolute atomic E-state index is 0.0202. The summed E-state index contributed by atoms with van der Waals surface area (Å²) in [5.74, 6) is 1.22. The Bertz CT molecular complexity index is 711. The molecule has 6 heteroatoms. The zero-order chi connectivity index (χ0) is 19.1. The van der Waals surface area contributed by atoms with E-state index in [0.29, 0.717) is 11.4 Å². The molecule has 1 aromatic heterocycles. The Labute approximate surface area is 160 Å². The van der Waals surface area contributed by atoms with Gasteiger partial charge in [-0.1, -0.05) is 18.2 Å². The van der Waals surface area contributed by atoms with Crippen LogP contribution < -0.4 is 4.74 Å². The first-order valence-electron chi connectivity index (χ1n) is 9.44. The summed E-state index contributed by atoms with van der Waals surface area (Å²) in [5, 5.41) is 0. The van der Waals surface area contributed by atoms with Crippen molar-refractivity contribution < 1.29 is 14.3 Å². The monoisotopic (exact) mass is 369 g/mol. The molecule has 27 heavy (non-hydrogen) atoms. The van der Waals surface area contributed by atoms with Gasteiger partial charge >= 0.3 is 0 Å². The molecule has 1 fully saturated rings. The molecule has 0 radical (unpaired) electrons. The number of amides is 1. The van der Waals surface area contributed by atoms with E-state index in [0.717, 1.165) is 45.1 Å². The average Bonchev–Trinajstić information content (AvgIpc) is 2.69. The highest BCUT2D eigenvalue weighted by atomic mass is 16.5. The predicted octanol–water partition coefficient (Wildman–Crippen LogP) is 3.06. The molecule has 0 unspecified atom stereocenters. The molecule has 144 valence electrons. The second-order valence-corrected chi connectivity index (χ2v) is 6.85. The lowest BCUT2D eigenvalue weighted by Crippen LogP contribution is -2.49. The van der Waals surface area contributed by atoms with Crippen LogP contribution in [0.5, 0.6) is 11.6 Å². The van der Waals surface area contributed by atoms with E-state index >= 15 is 0 Å². The van der Waals surface area contributed by atoms with Crippen molar-refractivity contribution >= 4 is 5.91 Å². The number of benzene rings is 1. The maximum atomic E-state index is 12.7. The molecule has 3 rings (SSSR count). The molecule has 0 N–H and O–H groups in total. The quantitative estimate of drug-likeness (QED) is 0.751. The first kappa shape index (κ1) is 19.3. The molecular weight excluding hydrogens is 342 g/mol. The van der Waals surface area contributed by atoms with Crippen LogP contribution in [0, 0.1) is 0 Å². The van der Waals surface area contributed by atoms with Gasteiger partial charge in [-0.2, -0.15) is 0 Å². The Balaban J connectivity index is 1.48. The molecule has 2 heterocycles. The summed E-state index contributed by atoms with van der Waals surface area (Å²) < 4.78 is 11.3. The molecule has 0 saturated carbocycles. The van der Waals surface area contributed by atoms with Crippen molar-refractivity contribution in [3.63, 3.8) is 0 Å². The van der Waals surface area contributed by atoms with Crippen molar-refractivity contribution in [2.75, 3.05) is 39.3 Å². The van der Waals surface area contributed by atoms with E-state index in [1.165, 1.54) is 0 Å². The van der Waals surface area contributed by atoms with Gasteiger partial charge in [-0.3, -0.25) is 9.69 Å². The van der Waals surface area contributed by atoms with Crippen molar-refractivity contribution in [2.45, 2.75) is 20.0 Å². The summed E-state index contributed by atoms with van der Waals surface area (Å²) in [6.07, 6.45) is 1.85. The van der Waals surface area contributed by atoms with Crippen molar-refractivity contribution in [3.8, 4) is 11.6 Å². The minimum atomic E-state index is 0.0202. The number of para-hydroxylation sites is 1. The van der Waals surface area contributed by atoms with Gasteiger partial charge in [0.25, 0.3) is 5.91 Å². The molecule has 2 aromatic rings. The number of hydrogen-bond acceptors (Lipinski definition) is 5. The molecule has 0 atom stereocenters. The summed E-state index contributed by atoms with van der Waals surface area (Å²) >= 11 is 0. The predicted molar refractivity (Wildman–Crippen MR) is 104 cm³/mol. The smallest absolute Gasteiger partial charge is 0.255 e. The Hall–Kier alpha value is -2.44. The third-order valence-electron chi connectivity index (χ3n) is 4.47. The van der Waals surface area contributed by atoms with E-state index < -0.39 is 0 Å². The second kappa shape index (κ2) is 9.48. The minimum Gasteiger partial charge on any atom is -0.439 e. The maximum absolute atomic E-state index is 12.7. The van der Waals surface area contributed by atoms with E-state index in [1.54, 1.807) is 18.3 Å². The van der Waals surface area contributed by atoms with Crippen molar-refractivity contribution in [1.82, 2.24) is 14.8 Å². The zero-order valence-corrected chi connectivity index (χ0v) is 16.0. The molecule has 0 aliphatic carbocycles. The maximum Gasteiger partial charge on any atom is 0.255 e. The first-order chi connectivity index (χ1) is 13.1. The number of ether oxygens (including phenoxy) is 2. The first-order valence-corrected chi connectivity index (χ1v) is 9.44. The highest BCUT2D eigenvalue weighted by Crippen LogP contribution is 2.19. The van der Waals surface area contributed by atoms with Gasteiger partial charge in [-0.15, -0.1) is 0 Å². The lowest BCUT2D eigenvalue weighted by atomic mass is 10.2. The Morgan fingerprint density at radius 2 is 1.81 bits per heavy atom. The Morgan fingerprint density at radius 1 is 1.07 bits per heavy atom. The molecule has 0 bridgehead atoms. The summed E-state index contributed by atoms with van der Waals surface area (Å²) in [4.78, 5) is 21.2. The summed E-state index contributed by atoms with van der Waals surface area (Å²) in [7, 11) is 0. The molecule has 1 aromatic carbocycles. The summed E-state index contributed by atoms with van der Waals surface area (Å²) in [6.45, 7) is 8.92. The third kappa shape index (κ3) is 5.77. The van der Waals surface area contributed by atoms with Crippen LogP contribution in [-0.4, -0.2) is 66.1 Å². The second-order valence-electron chi connectivity index (χ2n) is 6.85. The Morgan fingerprint density at radius 3 is 2.44 bits per heavy atom. The van der Waals surface area contributed by atoms with Crippen molar-refractivity contribution in [2.24, 2.45) is 0 Å². The van der Waals surface area contributed by atoms with Gasteiger partial charge in [0.05, 0.1) is 18.3 Å². The fourth-order valence-corrected chi connectivity index (χ4v) is 2.95. The molecule has 1 saturated heterocycles. The SMILES string of the molecule is CC(C)OCCN1CCN(C(=O)c2ccc(Oc3ccccc3)nc2)CC1. The number of carbonyl (C=O) groups is 1. The fourth-order valence-electron chi connectivity index (χ4n) is 2.95. The fraction of sp³-hybridized carbons (Fsp3) is 0.429. The van der Waals surface area contributed by atoms with E-state index in [4.69, 9.17) is 9.47 Å². The zero-order valence-electron chi connectivity index (χ0n) is 16.0. The van der Waals surface area contributed by atoms with Crippen LogP contribution in [0.4, 0.5) is 0 Å². The Kier molecular flexibility index (Phi) is 6.79. The van der Waals surface area contributed by atoms with Gasteiger partial charge in [0.15, 0.2) is 0 Å². The van der Waals surface area contributed by atoms with Crippen LogP contribution >= 0.6 is 0 Å². The number of piperazine rings is 1. The van der Waals surface area contributed by atoms with Crippen LogP contribution in [0.15, 0.2) is 48.7 Å². The summed E-state index contributed by atoms with van der Waals surface area (Å²) in [6, 6.07) is 13.0. The highest BCUT2D eigenvalue weighted by Gasteiger charge is 2.22. The van der Waals surface area contributed by atoms with E-state index in [9.17, 15) is 4.79 Å². The summed E-state index contributed by atoms with van der Waals surface area (Å²) in [5.41, 5.74) is 0.590. The van der Waals surface area contributed by atoms with Crippen LogP contribution in [0.3, 0.4) is 0 Å². The van der Waals surface area contributed by atoms with Gasteiger partial charge in [0.2, 0.25) is 5.88 Å². The number of nitrogens with zero attached hydrogens (tertiary/aromatic N) is 3. The normalized spacial score (nSPS) is 15.1. The lowest BCUT2D eigenvalue weighted by Gasteiger charge is -2.34. The van der Waals surface area contributed by atoms with Gasteiger partial charge in [0.1, 0.15) is 5.75 Å². The van der Waals surface area contributed by atoms with Crippen LogP contribution in [0.2, 0.25) is 0 Å². The highest BCUT2D eigenvalue weighted by molar-refractivity contribution is 5.94. The van der Waals surface area contributed by atoms with E-state index in [-0.39, 0.29) is 12.0 Å². The van der Waals surface area contributed by atoms with Crippen LogP contribution in [0.25, 0.3) is 0 Å². The number of rotatable bonds is 7. The topological polar surface area (TPSA) is 54.9 Å². The van der Waals surface area contributed by atoms with E-state index in [1.807, 2.05) is 49.1 Å². The largest absolute Gasteiger partial charge is 0.439 e. The number of hydrogen-bond donors (Lipinski definition) is 0. The molecular formula is C21H27N3O3. The lowest BCUT2D eigenvalue weighted by molar-refractivity contribution is 0.0407. The van der Waals surface area contributed by atoms with Crippen LogP contribution in [0.1, 0.15) is 24.2 Å². The van der Waals surface area contributed by atoms with Gasteiger partial charge in [-0.05, 0) is 32.0 Å². The average molecular weight is 369 g/mol. The molecule has 1 aliphatic rings. The molecule has 0 spiro atoms. The molecule has 1 amide bonds. The standard InChI is InChI=1S/C21H27N3O3/c1-17(2)26-15-14-23-10-12-24(13-11-23)21(25)18-8-9-20(22-16-18)27-19-6-4-3-5-7-19/h3-9,16-17H,10-15H2,1-2H3. The van der Waals surface area contributed by atoms with Gasteiger partial charge in [0, 0.05) is 45.0 Å². The van der Waals surface area contributed by atoms with E-state index in [2.05, 4.69) is 9.88 Å². The molecule has 1 aliphatic heterocycles.